The van der Waals surface area contributed by atoms with E-state index >= 15 is 0 Å². The molecule has 0 spiro atoms. The summed E-state index contributed by atoms with van der Waals surface area (Å²) >= 11 is 0. The molecule has 0 radical (unpaired) electrons. The lowest BCUT2D eigenvalue weighted by atomic mass is 10.0. The van der Waals surface area contributed by atoms with Crippen LogP contribution in [0, 0.1) is 12.8 Å². The van der Waals surface area contributed by atoms with Gasteiger partial charge in [-0.05, 0) is 43.9 Å². The topological polar surface area (TPSA) is 75.4 Å². The average Bonchev–Trinajstić information content (AvgIpc) is 2.79. The summed E-state index contributed by atoms with van der Waals surface area (Å²) in [5.74, 6) is 0.222. The molecule has 0 aromatic heterocycles. The van der Waals surface area contributed by atoms with Gasteiger partial charge in [-0.2, -0.15) is 0 Å². The predicted molar refractivity (Wildman–Crippen MR) is 70.5 cm³/mol. The summed E-state index contributed by atoms with van der Waals surface area (Å²) in [6, 6.07) is 5.34. The van der Waals surface area contributed by atoms with Gasteiger partial charge in [-0.1, -0.05) is 18.6 Å². The molecule has 4 N–H and O–H groups in total. The lowest BCUT2D eigenvalue weighted by molar-refractivity contribution is 0.0926. The van der Waals surface area contributed by atoms with Crippen molar-refractivity contribution in [1.82, 2.24) is 5.32 Å². The molecule has 1 aliphatic carbocycles. The molecule has 0 aliphatic heterocycles. The first-order valence-corrected chi connectivity index (χ1v) is 6.43. The minimum absolute atomic E-state index is 0.0669. The smallest absolute Gasteiger partial charge is 0.255 e. The number of para-hydroxylation sites is 1. The number of phenolic OH excluding ortho intramolecular Hbond substituents is 1. The Kier molecular flexibility index (Phi) is 3.87. The van der Waals surface area contributed by atoms with Crippen molar-refractivity contribution in [2.45, 2.75) is 32.2 Å². The number of nitrogens with one attached hydrogen (secondary N) is 1. The highest BCUT2D eigenvalue weighted by atomic mass is 16.3. The molecule has 4 heteroatoms. The third kappa shape index (κ3) is 2.48. The fourth-order valence-corrected chi connectivity index (χ4v) is 2.60. The predicted octanol–water partition coefficient (Wildman–Crippen LogP) is 1.56. The standard InChI is InChI=1S/C14H20N2O2/c1-9-4-2-6-11(13(9)17)14(18)16-12-7-3-5-10(12)8-15/h2,4,6,10,12,17H,3,5,7-8,15H2,1H3,(H,16,18). The lowest BCUT2D eigenvalue weighted by Gasteiger charge is -2.19. The van der Waals surface area contributed by atoms with Gasteiger partial charge in [-0.3, -0.25) is 4.79 Å². The molecule has 2 unspecified atom stereocenters. The quantitative estimate of drug-likeness (QED) is 0.759. The summed E-state index contributed by atoms with van der Waals surface area (Å²) in [6.45, 7) is 2.38. The molecule has 1 saturated carbocycles. The Labute approximate surface area is 107 Å². The van der Waals surface area contributed by atoms with Crippen molar-refractivity contribution in [3.63, 3.8) is 0 Å². The zero-order valence-corrected chi connectivity index (χ0v) is 10.6. The number of nitrogens with two attached hydrogens (primary N) is 1. The molecule has 1 fully saturated rings. The van der Waals surface area contributed by atoms with Crippen molar-refractivity contribution in [2.24, 2.45) is 11.7 Å². The summed E-state index contributed by atoms with van der Waals surface area (Å²) in [5, 5.41) is 12.9. The minimum Gasteiger partial charge on any atom is -0.507 e. The molecular formula is C14H20N2O2. The third-order valence-electron chi connectivity index (χ3n) is 3.76. The van der Waals surface area contributed by atoms with E-state index in [1.54, 1.807) is 25.1 Å². The number of benzene rings is 1. The second-order valence-corrected chi connectivity index (χ2v) is 4.98. The van der Waals surface area contributed by atoms with E-state index in [1.165, 1.54) is 0 Å². The largest absolute Gasteiger partial charge is 0.507 e. The summed E-state index contributed by atoms with van der Waals surface area (Å²) < 4.78 is 0. The number of rotatable bonds is 3. The van der Waals surface area contributed by atoms with Crippen LogP contribution in [-0.2, 0) is 0 Å². The second kappa shape index (κ2) is 5.40. The van der Waals surface area contributed by atoms with Crippen molar-refractivity contribution in [1.29, 1.82) is 0 Å². The van der Waals surface area contributed by atoms with E-state index in [9.17, 15) is 9.90 Å². The molecule has 4 nitrogen and oxygen atoms in total. The van der Waals surface area contributed by atoms with Crippen LogP contribution in [0.2, 0.25) is 0 Å². The van der Waals surface area contributed by atoms with Gasteiger partial charge in [0.05, 0.1) is 5.56 Å². The molecule has 98 valence electrons. The van der Waals surface area contributed by atoms with Gasteiger partial charge in [0.15, 0.2) is 0 Å². The van der Waals surface area contributed by atoms with Crippen molar-refractivity contribution >= 4 is 5.91 Å². The molecule has 1 aliphatic rings. The van der Waals surface area contributed by atoms with Crippen molar-refractivity contribution in [2.75, 3.05) is 6.54 Å². The molecule has 18 heavy (non-hydrogen) atoms. The van der Waals surface area contributed by atoms with Crippen LogP contribution in [0.4, 0.5) is 0 Å². The van der Waals surface area contributed by atoms with Crippen molar-refractivity contribution < 1.29 is 9.90 Å². The Morgan fingerprint density at radius 1 is 1.50 bits per heavy atom. The SMILES string of the molecule is Cc1cccc(C(=O)NC2CCCC2CN)c1O. The zero-order valence-electron chi connectivity index (χ0n) is 10.6. The van der Waals surface area contributed by atoms with E-state index in [4.69, 9.17) is 5.73 Å². The second-order valence-electron chi connectivity index (χ2n) is 4.98. The van der Waals surface area contributed by atoms with Gasteiger partial charge >= 0.3 is 0 Å². The van der Waals surface area contributed by atoms with E-state index < -0.39 is 0 Å². The molecule has 1 aromatic rings. The van der Waals surface area contributed by atoms with E-state index in [1.807, 2.05) is 0 Å². The van der Waals surface area contributed by atoms with Crippen LogP contribution in [0.3, 0.4) is 0 Å². The van der Waals surface area contributed by atoms with Gasteiger partial charge < -0.3 is 16.2 Å². The van der Waals surface area contributed by atoms with Gasteiger partial charge in [-0.15, -0.1) is 0 Å². The Hall–Kier alpha value is -1.55. The Bertz CT molecular complexity index is 445. The maximum atomic E-state index is 12.1. The minimum atomic E-state index is -0.207. The highest BCUT2D eigenvalue weighted by Gasteiger charge is 2.28. The van der Waals surface area contributed by atoms with Crippen LogP contribution in [0.25, 0.3) is 0 Å². The van der Waals surface area contributed by atoms with Crippen LogP contribution in [-0.4, -0.2) is 23.6 Å². The molecule has 0 heterocycles. The van der Waals surface area contributed by atoms with E-state index in [-0.39, 0.29) is 17.7 Å². The molecular weight excluding hydrogens is 228 g/mol. The van der Waals surface area contributed by atoms with Gasteiger partial charge in [0.25, 0.3) is 5.91 Å². The summed E-state index contributed by atoms with van der Waals surface area (Å²) in [4.78, 5) is 12.1. The molecule has 1 amide bonds. The number of phenols is 1. The first-order chi connectivity index (χ1) is 8.63. The van der Waals surface area contributed by atoms with Gasteiger partial charge in [-0.25, -0.2) is 0 Å². The van der Waals surface area contributed by atoms with Crippen LogP contribution in [0.1, 0.15) is 35.2 Å². The van der Waals surface area contributed by atoms with Crippen LogP contribution in [0.15, 0.2) is 18.2 Å². The Morgan fingerprint density at radius 3 is 3.00 bits per heavy atom. The van der Waals surface area contributed by atoms with Crippen LogP contribution >= 0.6 is 0 Å². The maximum absolute atomic E-state index is 12.1. The zero-order chi connectivity index (χ0) is 13.1. The monoisotopic (exact) mass is 248 g/mol. The highest BCUT2D eigenvalue weighted by molar-refractivity contribution is 5.97. The Balaban J connectivity index is 2.10. The number of aromatic hydroxyl groups is 1. The number of hydrogen-bond donors (Lipinski definition) is 3. The molecule has 2 atom stereocenters. The summed E-state index contributed by atoms with van der Waals surface area (Å²) in [5.41, 5.74) is 6.75. The van der Waals surface area contributed by atoms with Crippen LogP contribution in [0.5, 0.6) is 5.75 Å². The molecule has 1 aromatic carbocycles. The highest BCUT2D eigenvalue weighted by Crippen LogP contribution is 2.26. The van der Waals surface area contributed by atoms with E-state index in [2.05, 4.69) is 5.32 Å². The number of carbonyl (C=O) groups is 1. The lowest BCUT2D eigenvalue weighted by Crippen LogP contribution is -2.39. The van der Waals surface area contributed by atoms with Gasteiger partial charge in [0, 0.05) is 6.04 Å². The van der Waals surface area contributed by atoms with E-state index in [0.29, 0.717) is 23.6 Å². The average molecular weight is 248 g/mol. The molecule has 2 rings (SSSR count). The summed E-state index contributed by atoms with van der Waals surface area (Å²) in [6.07, 6.45) is 3.15. The van der Waals surface area contributed by atoms with Crippen LogP contribution < -0.4 is 11.1 Å². The summed E-state index contributed by atoms with van der Waals surface area (Å²) in [7, 11) is 0. The third-order valence-corrected chi connectivity index (χ3v) is 3.76. The van der Waals surface area contributed by atoms with Gasteiger partial charge in [0.2, 0.25) is 0 Å². The van der Waals surface area contributed by atoms with Crippen molar-refractivity contribution in [3.05, 3.63) is 29.3 Å². The number of carbonyl (C=O) groups excluding carboxylic acids is 1. The fourth-order valence-electron chi connectivity index (χ4n) is 2.60. The normalized spacial score (nSPS) is 23.0. The number of aryl methyl sites for hydroxylation is 1. The number of hydrogen-bond acceptors (Lipinski definition) is 3. The van der Waals surface area contributed by atoms with Crippen molar-refractivity contribution in [3.8, 4) is 5.75 Å². The molecule has 0 bridgehead atoms. The fraction of sp³-hybridized carbons (Fsp3) is 0.500. The number of amides is 1. The molecule has 0 saturated heterocycles. The maximum Gasteiger partial charge on any atom is 0.255 e. The first-order valence-electron chi connectivity index (χ1n) is 6.43. The first kappa shape index (κ1) is 12.9. The van der Waals surface area contributed by atoms with Gasteiger partial charge in [0.1, 0.15) is 5.75 Å². The van der Waals surface area contributed by atoms with E-state index in [0.717, 1.165) is 19.3 Å². The Morgan fingerprint density at radius 2 is 2.28 bits per heavy atom.